The molecule has 1 amide bonds. The average molecular weight is 313 g/mol. The molecule has 21 heavy (non-hydrogen) atoms. The number of rotatable bonds is 5. The first kappa shape index (κ1) is 18.0. The Labute approximate surface area is 132 Å². The summed E-state index contributed by atoms with van der Waals surface area (Å²) in [6, 6.07) is 9.90. The fraction of sp³-hybridized carbons (Fsp3) is 0.562. The van der Waals surface area contributed by atoms with Crippen LogP contribution in [0.2, 0.25) is 0 Å². The van der Waals surface area contributed by atoms with Gasteiger partial charge in [-0.15, -0.1) is 12.4 Å². The van der Waals surface area contributed by atoms with Gasteiger partial charge in [-0.2, -0.15) is 0 Å². The second-order valence-electron chi connectivity index (χ2n) is 5.56. The smallest absolute Gasteiger partial charge is 0.240 e. The van der Waals surface area contributed by atoms with E-state index >= 15 is 0 Å². The molecule has 0 aliphatic heterocycles. The summed E-state index contributed by atoms with van der Waals surface area (Å²) in [4.78, 5) is 12.3. The van der Waals surface area contributed by atoms with Gasteiger partial charge in [-0.3, -0.25) is 4.79 Å². The number of carbonyl (C=O) groups excluding carboxylic acids is 1. The van der Waals surface area contributed by atoms with E-state index in [9.17, 15) is 4.79 Å². The Kier molecular flexibility index (Phi) is 7.15. The minimum absolute atomic E-state index is 0. The third-order valence-electron chi connectivity index (χ3n) is 4.10. The number of nitrogens with two attached hydrogens (primary N) is 1. The molecule has 1 fully saturated rings. The Hall–Kier alpha value is -1.10. The van der Waals surface area contributed by atoms with Crippen LogP contribution in [0.5, 0.6) is 0 Å². The summed E-state index contributed by atoms with van der Waals surface area (Å²) in [7, 11) is 1.66. The van der Waals surface area contributed by atoms with Gasteiger partial charge < -0.3 is 15.8 Å². The largest absolute Gasteiger partial charge is 0.375 e. The lowest BCUT2D eigenvalue weighted by Crippen LogP contribution is -2.55. The van der Waals surface area contributed by atoms with E-state index in [4.69, 9.17) is 10.5 Å². The number of halogens is 1. The van der Waals surface area contributed by atoms with Crippen molar-refractivity contribution in [1.82, 2.24) is 5.32 Å². The van der Waals surface area contributed by atoms with E-state index in [2.05, 4.69) is 5.32 Å². The number of carbonyl (C=O) groups is 1. The molecule has 1 aliphatic carbocycles. The van der Waals surface area contributed by atoms with Crippen molar-refractivity contribution in [2.24, 2.45) is 5.73 Å². The summed E-state index contributed by atoms with van der Waals surface area (Å²) in [6.07, 6.45) is 4.68. The maximum atomic E-state index is 12.3. The fourth-order valence-corrected chi connectivity index (χ4v) is 2.78. The van der Waals surface area contributed by atoms with Crippen molar-refractivity contribution in [3.8, 4) is 0 Å². The lowest BCUT2D eigenvalue weighted by molar-refractivity contribution is -0.128. The Bertz CT molecular complexity index is 433. The number of ether oxygens (including phenoxy) is 1. The summed E-state index contributed by atoms with van der Waals surface area (Å²) < 4.78 is 5.45. The van der Waals surface area contributed by atoms with Crippen LogP contribution in [0.1, 0.15) is 43.8 Å². The monoisotopic (exact) mass is 312 g/mol. The zero-order valence-electron chi connectivity index (χ0n) is 12.5. The molecule has 1 aromatic carbocycles. The Morgan fingerprint density at radius 2 is 1.90 bits per heavy atom. The van der Waals surface area contributed by atoms with E-state index in [-0.39, 0.29) is 24.4 Å². The molecule has 0 aromatic heterocycles. The van der Waals surface area contributed by atoms with Crippen molar-refractivity contribution >= 4 is 18.3 Å². The van der Waals surface area contributed by atoms with Crippen LogP contribution in [0.25, 0.3) is 0 Å². The van der Waals surface area contributed by atoms with Crippen molar-refractivity contribution in [1.29, 1.82) is 0 Å². The third-order valence-corrected chi connectivity index (χ3v) is 4.10. The van der Waals surface area contributed by atoms with Crippen LogP contribution in [0.3, 0.4) is 0 Å². The van der Waals surface area contributed by atoms with Gasteiger partial charge in [-0.25, -0.2) is 0 Å². The van der Waals surface area contributed by atoms with Gasteiger partial charge >= 0.3 is 0 Å². The van der Waals surface area contributed by atoms with E-state index in [1.807, 2.05) is 30.3 Å². The highest BCUT2D eigenvalue weighted by Crippen LogP contribution is 2.26. The predicted octanol–water partition coefficient (Wildman–Crippen LogP) is 2.57. The van der Waals surface area contributed by atoms with Crippen LogP contribution in [0, 0.1) is 0 Å². The van der Waals surface area contributed by atoms with Crippen molar-refractivity contribution in [3.05, 3.63) is 35.9 Å². The Balaban J connectivity index is 0.00000220. The molecule has 0 bridgehead atoms. The number of hydrogen-bond donors (Lipinski definition) is 2. The predicted molar refractivity (Wildman–Crippen MR) is 86.5 cm³/mol. The van der Waals surface area contributed by atoms with Crippen molar-refractivity contribution in [3.63, 3.8) is 0 Å². The highest BCUT2D eigenvalue weighted by atomic mass is 35.5. The van der Waals surface area contributed by atoms with Crippen molar-refractivity contribution in [2.75, 3.05) is 13.7 Å². The maximum absolute atomic E-state index is 12.3. The van der Waals surface area contributed by atoms with Gasteiger partial charge in [-0.05, 0) is 18.4 Å². The first-order chi connectivity index (χ1) is 9.65. The normalized spacial score (nSPS) is 18.4. The quantitative estimate of drug-likeness (QED) is 0.878. The van der Waals surface area contributed by atoms with E-state index in [0.717, 1.165) is 31.2 Å². The SMILES string of the molecule is COC(CNC(=O)C1(N)CCCCC1)c1ccccc1.Cl. The van der Waals surface area contributed by atoms with Crippen LogP contribution in [-0.2, 0) is 9.53 Å². The zero-order valence-corrected chi connectivity index (χ0v) is 13.3. The zero-order chi connectivity index (χ0) is 14.4. The minimum atomic E-state index is -0.687. The topological polar surface area (TPSA) is 64.3 Å². The number of methoxy groups -OCH3 is 1. The van der Waals surface area contributed by atoms with E-state index < -0.39 is 5.54 Å². The second kappa shape index (κ2) is 8.37. The molecule has 0 radical (unpaired) electrons. The fourth-order valence-electron chi connectivity index (χ4n) is 2.78. The van der Waals surface area contributed by atoms with Crippen LogP contribution < -0.4 is 11.1 Å². The highest BCUT2D eigenvalue weighted by Gasteiger charge is 2.35. The first-order valence-electron chi connectivity index (χ1n) is 7.31. The molecule has 1 unspecified atom stereocenters. The van der Waals surface area contributed by atoms with E-state index in [1.165, 1.54) is 6.42 Å². The molecule has 118 valence electrons. The van der Waals surface area contributed by atoms with Gasteiger partial charge in [-0.1, -0.05) is 49.6 Å². The van der Waals surface area contributed by atoms with Gasteiger partial charge in [0.2, 0.25) is 5.91 Å². The van der Waals surface area contributed by atoms with Gasteiger partial charge in [0.15, 0.2) is 0 Å². The van der Waals surface area contributed by atoms with Crippen LogP contribution in [0.15, 0.2) is 30.3 Å². The molecule has 1 aromatic rings. The molecular weight excluding hydrogens is 288 g/mol. The summed E-state index contributed by atoms with van der Waals surface area (Å²) in [5.41, 5.74) is 6.59. The minimum Gasteiger partial charge on any atom is -0.375 e. The lowest BCUT2D eigenvalue weighted by atomic mass is 9.82. The van der Waals surface area contributed by atoms with E-state index in [0.29, 0.717) is 6.54 Å². The number of hydrogen-bond acceptors (Lipinski definition) is 3. The van der Waals surface area contributed by atoms with Crippen LogP contribution in [-0.4, -0.2) is 25.1 Å². The van der Waals surface area contributed by atoms with Crippen LogP contribution in [0.4, 0.5) is 0 Å². The summed E-state index contributed by atoms with van der Waals surface area (Å²) in [5, 5.41) is 2.95. The molecule has 0 saturated heterocycles. The van der Waals surface area contributed by atoms with Gasteiger partial charge in [0.25, 0.3) is 0 Å². The maximum Gasteiger partial charge on any atom is 0.240 e. The van der Waals surface area contributed by atoms with Crippen LogP contribution >= 0.6 is 12.4 Å². The number of benzene rings is 1. The lowest BCUT2D eigenvalue weighted by Gasteiger charge is -2.32. The van der Waals surface area contributed by atoms with Gasteiger partial charge in [0, 0.05) is 13.7 Å². The van der Waals surface area contributed by atoms with Gasteiger partial charge in [0.1, 0.15) is 0 Å². The molecule has 0 heterocycles. The summed E-state index contributed by atoms with van der Waals surface area (Å²) in [6.45, 7) is 0.457. The summed E-state index contributed by atoms with van der Waals surface area (Å²) in [5.74, 6) is -0.0461. The Morgan fingerprint density at radius 1 is 1.29 bits per heavy atom. The van der Waals surface area contributed by atoms with E-state index in [1.54, 1.807) is 7.11 Å². The standard InChI is InChI=1S/C16H24N2O2.ClH/c1-20-14(13-8-4-2-5-9-13)12-18-15(19)16(17)10-6-3-7-11-16;/h2,4-5,8-9,14H,3,6-7,10-12,17H2,1H3,(H,18,19);1H. The second-order valence-corrected chi connectivity index (χ2v) is 5.56. The molecule has 0 spiro atoms. The molecule has 5 heteroatoms. The third kappa shape index (κ3) is 4.70. The van der Waals surface area contributed by atoms with Gasteiger partial charge in [0.05, 0.1) is 11.6 Å². The number of nitrogens with one attached hydrogen (secondary N) is 1. The molecule has 1 saturated carbocycles. The summed E-state index contributed by atoms with van der Waals surface area (Å²) >= 11 is 0. The van der Waals surface area contributed by atoms with Crippen molar-refractivity contribution in [2.45, 2.75) is 43.7 Å². The number of amides is 1. The molecule has 2 rings (SSSR count). The first-order valence-corrected chi connectivity index (χ1v) is 7.31. The molecule has 4 nitrogen and oxygen atoms in total. The molecule has 1 aliphatic rings. The van der Waals surface area contributed by atoms with Crippen molar-refractivity contribution < 1.29 is 9.53 Å². The average Bonchev–Trinajstić information content (AvgIpc) is 2.49. The Morgan fingerprint density at radius 3 is 2.48 bits per heavy atom. The molecular formula is C16H25ClN2O2. The highest BCUT2D eigenvalue weighted by molar-refractivity contribution is 5.86. The molecule has 1 atom stereocenters. The molecule has 3 N–H and O–H groups in total.